The monoisotopic (exact) mass is 555 g/mol. The summed E-state index contributed by atoms with van der Waals surface area (Å²) in [5.74, 6) is -0.417. The number of nitrogens with one attached hydrogen (secondary N) is 2. The van der Waals surface area contributed by atoms with Crippen LogP contribution in [0.3, 0.4) is 0 Å². The van der Waals surface area contributed by atoms with E-state index in [0.29, 0.717) is 24.5 Å². The summed E-state index contributed by atoms with van der Waals surface area (Å²) >= 11 is 1.63. The highest BCUT2D eigenvalue weighted by Crippen LogP contribution is 2.44. The summed E-state index contributed by atoms with van der Waals surface area (Å²) in [6, 6.07) is 0.161. The molecule has 1 saturated heterocycles. The first kappa shape index (κ1) is 28.1. The first-order valence-corrected chi connectivity index (χ1v) is 15.8. The molecule has 9 heteroatoms. The minimum atomic E-state index is -1.01. The molecule has 5 rings (SSSR count). The topological polar surface area (TPSA) is 86.7 Å². The first-order chi connectivity index (χ1) is 18.7. The number of piperidine rings is 1. The minimum absolute atomic E-state index is 0.0562. The molecule has 0 spiro atoms. The van der Waals surface area contributed by atoms with E-state index in [1.165, 1.54) is 39.0 Å². The minimum Gasteiger partial charge on any atom is -0.351 e. The number of thiophene rings is 1. The van der Waals surface area contributed by atoms with Gasteiger partial charge in [-0.2, -0.15) is 0 Å². The molecule has 2 aromatic rings. The number of likely N-dealkylation sites (tertiary alicyclic amines) is 1. The number of aromatic nitrogens is 1. The highest BCUT2D eigenvalue weighted by molar-refractivity contribution is 7.19. The molecule has 0 unspecified atom stereocenters. The number of hydrogen-bond donors (Lipinski definition) is 2. The van der Waals surface area contributed by atoms with Crippen molar-refractivity contribution < 1.29 is 14.4 Å². The van der Waals surface area contributed by atoms with Crippen LogP contribution in [0.2, 0.25) is 0 Å². The highest BCUT2D eigenvalue weighted by Gasteiger charge is 2.49. The van der Waals surface area contributed by atoms with Gasteiger partial charge in [0, 0.05) is 29.8 Å². The zero-order valence-electron chi connectivity index (χ0n) is 24.2. The molecule has 4 heterocycles. The fourth-order valence-corrected chi connectivity index (χ4v) is 7.98. The Morgan fingerprint density at radius 1 is 1.00 bits per heavy atom. The summed E-state index contributed by atoms with van der Waals surface area (Å²) in [6.07, 6.45) is 11.3. The van der Waals surface area contributed by atoms with Gasteiger partial charge in [0.05, 0.1) is 12.2 Å². The maximum Gasteiger partial charge on any atom is 0.273 e. The summed E-state index contributed by atoms with van der Waals surface area (Å²) in [4.78, 5) is 47.2. The molecule has 2 aromatic heterocycles. The van der Waals surface area contributed by atoms with Crippen LogP contribution in [-0.4, -0.2) is 69.8 Å². The lowest BCUT2D eigenvalue weighted by atomic mass is 9.93. The number of anilines is 1. The Morgan fingerprint density at radius 3 is 2.33 bits per heavy atom. The fraction of sp³-hybridized carbons (Fsp3) is 0.700. The van der Waals surface area contributed by atoms with Gasteiger partial charge in [-0.05, 0) is 78.1 Å². The Kier molecular flexibility index (Phi) is 8.38. The van der Waals surface area contributed by atoms with Crippen molar-refractivity contribution in [3.8, 4) is 0 Å². The number of carbonyl (C=O) groups excluding carboxylic acids is 3. The quantitative estimate of drug-likeness (QED) is 0.460. The lowest BCUT2D eigenvalue weighted by Crippen LogP contribution is -2.65. The van der Waals surface area contributed by atoms with Crippen molar-refractivity contribution >= 4 is 45.0 Å². The molecule has 2 aliphatic heterocycles. The van der Waals surface area contributed by atoms with Crippen molar-refractivity contribution in [2.24, 2.45) is 0 Å². The molecule has 3 aliphatic rings. The summed E-state index contributed by atoms with van der Waals surface area (Å²) in [7, 11) is 0. The molecule has 3 amide bonds. The number of nitrogens with zero attached hydrogens (tertiary/aromatic N) is 3. The zero-order chi connectivity index (χ0) is 27.7. The third-order valence-corrected chi connectivity index (χ3v) is 10.4. The van der Waals surface area contributed by atoms with E-state index in [1.807, 2.05) is 23.3 Å². The number of aryl methyl sites for hydroxylation is 2. The van der Waals surface area contributed by atoms with Gasteiger partial charge in [0.1, 0.15) is 16.1 Å². The van der Waals surface area contributed by atoms with Crippen molar-refractivity contribution in [1.82, 2.24) is 19.7 Å². The van der Waals surface area contributed by atoms with Gasteiger partial charge in [0.25, 0.3) is 5.91 Å². The Balaban J connectivity index is 1.51. The summed E-state index contributed by atoms with van der Waals surface area (Å²) in [5, 5.41) is 7.29. The van der Waals surface area contributed by atoms with E-state index in [1.54, 1.807) is 11.3 Å². The number of carbonyl (C=O) groups is 3. The molecule has 2 fully saturated rings. The zero-order valence-corrected chi connectivity index (χ0v) is 25.0. The van der Waals surface area contributed by atoms with Gasteiger partial charge in [-0.15, -0.1) is 11.3 Å². The summed E-state index contributed by atoms with van der Waals surface area (Å²) in [5.41, 5.74) is 1.17. The van der Waals surface area contributed by atoms with Crippen molar-refractivity contribution in [1.29, 1.82) is 0 Å². The van der Waals surface area contributed by atoms with Gasteiger partial charge < -0.3 is 25.0 Å². The molecule has 0 bridgehead atoms. The molecular weight excluding hydrogens is 510 g/mol. The Labute approximate surface area is 236 Å². The van der Waals surface area contributed by atoms with Crippen molar-refractivity contribution in [2.45, 2.75) is 110 Å². The van der Waals surface area contributed by atoms with E-state index >= 15 is 0 Å². The van der Waals surface area contributed by atoms with Gasteiger partial charge in [-0.25, -0.2) is 0 Å². The number of rotatable bonds is 7. The van der Waals surface area contributed by atoms with Crippen molar-refractivity contribution in [2.75, 3.05) is 31.5 Å². The summed E-state index contributed by atoms with van der Waals surface area (Å²) < 4.78 is 2.02. The van der Waals surface area contributed by atoms with Crippen LogP contribution in [0.5, 0.6) is 0 Å². The van der Waals surface area contributed by atoms with Gasteiger partial charge >= 0.3 is 0 Å². The second-order valence-electron chi connectivity index (χ2n) is 12.1. The van der Waals surface area contributed by atoms with Crippen LogP contribution < -0.4 is 10.6 Å². The van der Waals surface area contributed by atoms with Gasteiger partial charge in [0.15, 0.2) is 0 Å². The molecule has 2 N–H and O–H groups in total. The number of amides is 3. The van der Waals surface area contributed by atoms with Crippen molar-refractivity contribution in [3.05, 3.63) is 16.1 Å². The molecule has 0 radical (unpaired) electrons. The van der Waals surface area contributed by atoms with Crippen molar-refractivity contribution in [3.63, 3.8) is 0 Å². The fourth-order valence-electron chi connectivity index (χ4n) is 6.81. The van der Waals surface area contributed by atoms with E-state index in [0.717, 1.165) is 72.4 Å². The summed E-state index contributed by atoms with van der Waals surface area (Å²) in [6.45, 7) is 11.6. The molecule has 1 saturated carbocycles. The van der Waals surface area contributed by atoms with E-state index in [-0.39, 0.29) is 23.8 Å². The predicted molar refractivity (Wildman–Crippen MR) is 158 cm³/mol. The number of fused-ring (bicyclic) bond motifs is 3. The normalized spacial score (nSPS) is 23.1. The second kappa shape index (κ2) is 11.6. The van der Waals surface area contributed by atoms with E-state index in [9.17, 15) is 14.4 Å². The van der Waals surface area contributed by atoms with Gasteiger partial charge in [-0.1, -0.05) is 32.1 Å². The van der Waals surface area contributed by atoms with Crippen LogP contribution >= 0.6 is 11.3 Å². The maximum absolute atomic E-state index is 14.4. The van der Waals surface area contributed by atoms with Crippen LogP contribution in [0.4, 0.5) is 5.69 Å². The molecule has 1 aliphatic carbocycles. The highest BCUT2D eigenvalue weighted by atomic mass is 32.1. The SMILES string of the molecule is CC(=O)Nc1c2n(c3sc(C)c(C)c13)C[C@@](C)(C(=O)NC1CCCCCC1)N(CCCN1CCCCC1)C2=O. The van der Waals surface area contributed by atoms with Crippen LogP contribution in [0.15, 0.2) is 0 Å². The third kappa shape index (κ3) is 5.49. The van der Waals surface area contributed by atoms with Crippen LogP contribution in [-0.2, 0) is 16.1 Å². The Bertz CT molecular complexity index is 1240. The van der Waals surface area contributed by atoms with Gasteiger partial charge in [-0.3, -0.25) is 14.4 Å². The first-order valence-electron chi connectivity index (χ1n) is 15.0. The van der Waals surface area contributed by atoms with Crippen LogP contribution in [0.25, 0.3) is 10.2 Å². The molecule has 1 atom stereocenters. The third-order valence-electron chi connectivity index (χ3n) is 9.16. The lowest BCUT2D eigenvalue weighted by molar-refractivity contribution is -0.133. The second-order valence-corrected chi connectivity index (χ2v) is 13.3. The molecule has 8 nitrogen and oxygen atoms in total. The van der Waals surface area contributed by atoms with E-state index < -0.39 is 5.54 Å². The largest absolute Gasteiger partial charge is 0.351 e. The smallest absolute Gasteiger partial charge is 0.273 e. The number of hydrogen-bond acceptors (Lipinski definition) is 5. The Morgan fingerprint density at radius 2 is 1.67 bits per heavy atom. The predicted octanol–water partition coefficient (Wildman–Crippen LogP) is 5.21. The average molecular weight is 556 g/mol. The van der Waals surface area contributed by atoms with E-state index in [2.05, 4.69) is 22.5 Å². The average Bonchev–Trinajstić information content (AvgIpc) is 3.20. The standard InChI is InChI=1S/C30H45N5O3S/c1-20-21(2)39-28-24(20)25(31-22(3)36)26-27(37)35(18-12-17-33-15-10-7-11-16-33)30(4,19-34(26)28)29(38)32-23-13-8-5-6-9-14-23/h23H,5-19H2,1-4H3,(H,31,36)(H,32,38)/t30-/m0/s1. The molecule has 214 valence electrons. The molecule has 39 heavy (non-hydrogen) atoms. The van der Waals surface area contributed by atoms with E-state index in [4.69, 9.17) is 0 Å². The van der Waals surface area contributed by atoms with Gasteiger partial charge in [0.2, 0.25) is 11.8 Å². The maximum atomic E-state index is 14.4. The molecule has 0 aromatic carbocycles. The Hall–Kier alpha value is -2.39. The molecular formula is C30H45N5O3S. The lowest BCUT2D eigenvalue weighted by Gasteiger charge is -2.45. The van der Waals surface area contributed by atoms with Crippen LogP contribution in [0.1, 0.15) is 99.0 Å². The van der Waals surface area contributed by atoms with Crippen LogP contribution in [0, 0.1) is 13.8 Å².